The van der Waals surface area contributed by atoms with Crippen LogP contribution in [0.1, 0.15) is 19.0 Å². The molecule has 3 heteroatoms. The summed E-state index contributed by atoms with van der Waals surface area (Å²) in [6.07, 6.45) is 3.16. The molecular weight excluding hydrogens is 150 g/mol. The first-order valence-corrected chi connectivity index (χ1v) is 4.43. The molecule has 0 saturated carbocycles. The molecule has 1 atom stereocenters. The fraction of sp³-hybridized carbons (Fsp3) is 0.667. The predicted molar refractivity (Wildman–Crippen MR) is 50.1 cm³/mol. The molecule has 12 heavy (non-hydrogen) atoms. The molecule has 0 aliphatic heterocycles. The van der Waals surface area contributed by atoms with Gasteiger partial charge in [0.2, 0.25) is 0 Å². The average Bonchev–Trinajstić information content (AvgIpc) is 2.47. The fourth-order valence-corrected chi connectivity index (χ4v) is 1.22. The van der Waals surface area contributed by atoms with Crippen molar-refractivity contribution in [3.05, 3.63) is 18.0 Å². The van der Waals surface area contributed by atoms with Crippen LogP contribution in [-0.2, 0) is 6.54 Å². The van der Waals surface area contributed by atoms with Gasteiger partial charge in [0.15, 0.2) is 0 Å². The van der Waals surface area contributed by atoms with Crippen LogP contribution in [0.2, 0.25) is 0 Å². The summed E-state index contributed by atoms with van der Waals surface area (Å²) in [5.74, 6) is 0. The van der Waals surface area contributed by atoms with Crippen molar-refractivity contribution in [2.45, 2.75) is 32.9 Å². The lowest BCUT2D eigenvalue weighted by Crippen LogP contribution is -2.29. The first kappa shape index (κ1) is 9.26. The zero-order valence-electron chi connectivity index (χ0n) is 8.04. The highest BCUT2D eigenvalue weighted by atomic mass is 15.3. The summed E-state index contributed by atoms with van der Waals surface area (Å²) in [6.45, 7) is 5.15. The Morgan fingerprint density at radius 3 is 2.83 bits per heavy atom. The van der Waals surface area contributed by atoms with Crippen molar-refractivity contribution in [2.24, 2.45) is 0 Å². The van der Waals surface area contributed by atoms with Crippen LogP contribution in [0.4, 0.5) is 0 Å². The number of hydrogen-bond donors (Lipinski definition) is 1. The van der Waals surface area contributed by atoms with Crippen LogP contribution in [0, 0.1) is 6.92 Å². The van der Waals surface area contributed by atoms with Gasteiger partial charge in [0.05, 0.1) is 12.2 Å². The summed E-state index contributed by atoms with van der Waals surface area (Å²) in [6, 6.07) is 2.56. The van der Waals surface area contributed by atoms with Crippen molar-refractivity contribution >= 4 is 0 Å². The van der Waals surface area contributed by atoms with Crippen LogP contribution in [0.3, 0.4) is 0 Å². The summed E-state index contributed by atoms with van der Waals surface area (Å²) in [5.41, 5.74) is 1.08. The quantitative estimate of drug-likeness (QED) is 0.730. The number of nitrogens with one attached hydrogen (secondary N) is 1. The Hall–Kier alpha value is -0.830. The summed E-state index contributed by atoms with van der Waals surface area (Å²) >= 11 is 0. The van der Waals surface area contributed by atoms with E-state index in [0.717, 1.165) is 18.7 Å². The summed E-state index contributed by atoms with van der Waals surface area (Å²) in [5, 5.41) is 7.57. The van der Waals surface area contributed by atoms with E-state index in [1.807, 2.05) is 30.9 Å². The zero-order chi connectivity index (χ0) is 8.97. The highest BCUT2D eigenvalue weighted by Crippen LogP contribution is 1.97. The number of aromatic nitrogens is 2. The van der Waals surface area contributed by atoms with Gasteiger partial charge in [0.25, 0.3) is 0 Å². The van der Waals surface area contributed by atoms with Crippen LogP contribution < -0.4 is 5.32 Å². The minimum atomic E-state index is 0.532. The van der Waals surface area contributed by atoms with Gasteiger partial charge in [-0.15, -0.1) is 0 Å². The molecule has 3 nitrogen and oxygen atoms in total. The number of aryl methyl sites for hydroxylation is 1. The number of nitrogens with zero attached hydrogens (tertiary/aromatic N) is 2. The fourth-order valence-electron chi connectivity index (χ4n) is 1.22. The third kappa shape index (κ3) is 2.34. The van der Waals surface area contributed by atoms with Crippen molar-refractivity contribution in [1.29, 1.82) is 0 Å². The smallest absolute Gasteiger partial charge is 0.0593 e. The van der Waals surface area contributed by atoms with Gasteiger partial charge in [-0.3, -0.25) is 4.68 Å². The molecule has 0 fully saturated rings. The molecule has 1 heterocycles. The first-order valence-electron chi connectivity index (χ1n) is 4.43. The van der Waals surface area contributed by atoms with Crippen molar-refractivity contribution in [3.63, 3.8) is 0 Å². The van der Waals surface area contributed by atoms with E-state index >= 15 is 0 Å². The Labute approximate surface area is 73.8 Å². The number of hydrogen-bond acceptors (Lipinski definition) is 2. The van der Waals surface area contributed by atoms with E-state index in [2.05, 4.69) is 17.3 Å². The molecule has 0 radical (unpaired) electrons. The van der Waals surface area contributed by atoms with Crippen molar-refractivity contribution in [2.75, 3.05) is 7.05 Å². The molecule has 0 aliphatic carbocycles. The SMILES string of the molecule is CCC(Cn1ccc(C)n1)NC. The lowest BCUT2D eigenvalue weighted by atomic mass is 10.2. The van der Waals surface area contributed by atoms with Gasteiger partial charge in [-0.1, -0.05) is 6.92 Å². The van der Waals surface area contributed by atoms with E-state index in [4.69, 9.17) is 0 Å². The topological polar surface area (TPSA) is 29.9 Å². The predicted octanol–water partition coefficient (Wildman–Crippen LogP) is 1.19. The minimum absolute atomic E-state index is 0.532. The molecule has 0 aliphatic rings. The largest absolute Gasteiger partial charge is 0.315 e. The third-order valence-corrected chi connectivity index (χ3v) is 2.08. The first-order chi connectivity index (χ1) is 5.76. The molecule has 0 bridgehead atoms. The van der Waals surface area contributed by atoms with Gasteiger partial charge >= 0.3 is 0 Å². The Morgan fingerprint density at radius 2 is 2.42 bits per heavy atom. The van der Waals surface area contributed by atoms with Crippen LogP contribution in [0.15, 0.2) is 12.3 Å². The zero-order valence-corrected chi connectivity index (χ0v) is 8.04. The second kappa shape index (κ2) is 4.26. The maximum absolute atomic E-state index is 4.32. The molecule has 0 aromatic carbocycles. The Bertz CT molecular complexity index is 225. The molecule has 68 valence electrons. The number of rotatable bonds is 4. The van der Waals surface area contributed by atoms with Gasteiger partial charge in [-0.2, -0.15) is 5.10 Å². The molecule has 1 rings (SSSR count). The highest BCUT2D eigenvalue weighted by Gasteiger charge is 2.03. The second-order valence-corrected chi connectivity index (χ2v) is 3.07. The monoisotopic (exact) mass is 167 g/mol. The molecule has 1 aromatic rings. The second-order valence-electron chi connectivity index (χ2n) is 3.07. The lowest BCUT2D eigenvalue weighted by molar-refractivity contribution is 0.441. The maximum Gasteiger partial charge on any atom is 0.0593 e. The lowest BCUT2D eigenvalue weighted by Gasteiger charge is -2.13. The van der Waals surface area contributed by atoms with Crippen LogP contribution in [0.5, 0.6) is 0 Å². The Balaban J connectivity index is 2.50. The number of likely N-dealkylation sites (N-methyl/N-ethyl adjacent to an activating group) is 1. The van der Waals surface area contributed by atoms with Crippen molar-refractivity contribution in [1.82, 2.24) is 15.1 Å². The van der Waals surface area contributed by atoms with E-state index in [0.29, 0.717) is 6.04 Å². The van der Waals surface area contributed by atoms with Crippen LogP contribution >= 0.6 is 0 Å². The molecule has 0 saturated heterocycles. The molecule has 1 aromatic heterocycles. The standard InChI is InChI=1S/C9H17N3/c1-4-9(10-3)7-12-6-5-8(2)11-12/h5-6,9-10H,4,7H2,1-3H3. The van der Waals surface area contributed by atoms with Gasteiger partial charge < -0.3 is 5.32 Å². The average molecular weight is 167 g/mol. The van der Waals surface area contributed by atoms with Crippen LogP contribution in [-0.4, -0.2) is 22.9 Å². The molecular formula is C9H17N3. The van der Waals surface area contributed by atoms with Crippen LogP contribution in [0.25, 0.3) is 0 Å². The van der Waals surface area contributed by atoms with E-state index in [9.17, 15) is 0 Å². The summed E-state index contributed by atoms with van der Waals surface area (Å²) in [4.78, 5) is 0. The van der Waals surface area contributed by atoms with E-state index in [-0.39, 0.29) is 0 Å². The maximum atomic E-state index is 4.32. The third-order valence-electron chi connectivity index (χ3n) is 2.08. The summed E-state index contributed by atoms with van der Waals surface area (Å²) in [7, 11) is 1.99. The van der Waals surface area contributed by atoms with E-state index < -0.39 is 0 Å². The van der Waals surface area contributed by atoms with E-state index in [1.165, 1.54) is 0 Å². The van der Waals surface area contributed by atoms with E-state index in [1.54, 1.807) is 0 Å². The Kier molecular flexibility index (Phi) is 3.29. The van der Waals surface area contributed by atoms with Gasteiger partial charge in [0, 0.05) is 12.2 Å². The molecule has 0 amide bonds. The molecule has 1 N–H and O–H groups in total. The van der Waals surface area contributed by atoms with Gasteiger partial charge in [-0.05, 0) is 26.5 Å². The highest BCUT2D eigenvalue weighted by molar-refractivity contribution is 4.94. The minimum Gasteiger partial charge on any atom is -0.315 e. The van der Waals surface area contributed by atoms with Crippen molar-refractivity contribution < 1.29 is 0 Å². The van der Waals surface area contributed by atoms with Gasteiger partial charge in [0.1, 0.15) is 0 Å². The molecule has 0 spiro atoms. The summed E-state index contributed by atoms with van der Waals surface area (Å²) < 4.78 is 1.99. The van der Waals surface area contributed by atoms with Crippen molar-refractivity contribution in [3.8, 4) is 0 Å². The Morgan fingerprint density at radius 1 is 1.67 bits per heavy atom. The normalized spacial score (nSPS) is 13.2. The molecule has 1 unspecified atom stereocenters. The van der Waals surface area contributed by atoms with Gasteiger partial charge in [-0.25, -0.2) is 0 Å².